The molecule has 0 aromatic heterocycles. The van der Waals surface area contributed by atoms with E-state index in [-0.39, 0.29) is 29.9 Å². The number of halogens is 2. The Kier molecular flexibility index (Phi) is 6.57. The fourth-order valence-corrected chi connectivity index (χ4v) is 5.43. The first kappa shape index (κ1) is 25.7. The molecule has 4 atom stereocenters. The number of rotatable bonds is 5. The summed E-state index contributed by atoms with van der Waals surface area (Å²) in [7, 11) is 0. The van der Waals surface area contributed by atoms with Crippen LogP contribution in [0.1, 0.15) is 28.8 Å². The lowest BCUT2D eigenvalue weighted by molar-refractivity contribution is -0.141. The average molecular weight is 546 g/mol. The first-order valence-corrected chi connectivity index (χ1v) is 12.7. The van der Waals surface area contributed by atoms with Gasteiger partial charge in [-0.1, -0.05) is 66.7 Å². The van der Waals surface area contributed by atoms with E-state index in [9.17, 15) is 28.6 Å². The van der Waals surface area contributed by atoms with Gasteiger partial charge >= 0.3 is 0 Å². The van der Waals surface area contributed by atoms with Crippen LogP contribution >= 0.6 is 0 Å². The van der Waals surface area contributed by atoms with Gasteiger partial charge in [0.2, 0.25) is 0 Å². The van der Waals surface area contributed by atoms with Crippen LogP contribution in [-0.4, -0.2) is 50.7 Å². The molecule has 0 spiro atoms. The van der Waals surface area contributed by atoms with Crippen molar-refractivity contribution >= 4 is 11.8 Å². The van der Waals surface area contributed by atoms with Crippen molar-refractivity contribution in [2.75, 3.05) is 6.54 Å². The topological polar surface area (TPSA) is 102 Å². The number of nitrogens with zero attached hydrogens (tertiary/aromatic N) is 2. The van der Waals surface area contributed by atoms with E-state index in [2.05, 4.69) is 5.32 Å². The maximum atomic E-state index is 14.0. The van der Waals surface area contributed by atoms with Gasteiger partial charge in [0.25, 0.3) is 11.8 Å². The number of hydrogen-bond donors (Lipinski definition) is 3. The predicted octanol–water partition coefficient (Wildman–Crippen LogP) is 3.59. The van der Waals surface area contributed by atoms with Gasteiger partial charge < -0.3 is 25.2 Å². The molecule has 0 aliphatic carbocycles. The molecular formula is C30H25F2N3O5. The number of piperazine rings is 1. The minimum atomic E-state index is -1.78. The molecule has 2 amide bonds. The molecule has 3 heterocycles. The summed E-state index contributed by atoms with van der Waals surface area (Å²) in [4.78, 5) is 29.8. The highest BCUT2D eigenvalue weighted by Gasteiger charge is 2.53. The fraction of sp³-hybridized carbons (Fsp3) is 0.200. The maximum absolute atomic E-state index is 14.0. The van der Waals surface area contributed by atoms with Crippen molar-refractivity contribution in [3.8, 4) is 0 Å². The van der Waals surface area contributed by atoms with Crippen LogP contribution in [0.5, 0.6) is 0 Å². The molecule has 10 heteroatoms. The lowest BCUT2D eigenvalue weighted by Crippen LogP contribution is -2.54. The Bertz CT molecular complexity index is 1530. The molecule has 3 aromatic carbocycles. The number of amides is 2. The largest absolute Gasteiger partial charge is 0.507 e. The third kappa shape index (κ3) is 4.41. The smallest absolute Gasteiger partial charge is 0.276 e. The van der Waals surface area contributed by atoms with Crippen LogP contribution in [0.2, 0.25) is 0 Å². The van der Waals surface area contributed by atoms with Crippen molar-refractivity contribution in [3.05, 3.63) is 130 Å². The first-order chi connectivity index (χ1) is 19.3. The second-order valence-corrected chi connectivity index (χ2v) is 9.78. The van der Waals surface area contributed by atoms with Crippen LogP contribution < -0.4 is 5.32 Å². The van der Waals surface area contributed by atoms with Crippen LogP contribution in [0.15, 0.2) is 102 Å². The first-order valence-electron chi connectivity index (χ1n) is 12.7. The number of hydrogen-bond acceptors (Lipinski definition) is 6. The van der Waals surface area contributed by atoms with Gasteiger partial charge in [0.05, 0.1) is 18.2 Å². The molecule has 204 valence electrons. The Morgan fingerprint density at radius 1 is 1.00 bits per heavy atom. The van der Waals surface area contributed by atoms with Gasteiger partial charge in [0.1, 0.15) is 29.5 Å². The molecule has 3 N–H and O–H groups in total. The predicted molar refractivity (Wildman–Crippen MR) is 139 cm³/mol. The number of fused-ring (bicyclic) bond motifs is 2. The third-order valence-corrected chi connectivity index (χ3v) is 7.35. The van der Waals surface area contributed by atoms with E-state index in [1.165, 1.54) is 17.2 Å². The van der Waals surface area contributed by atoms with E-state index in [0.717, 1.165) is 17.2 Å². The Morgan fingerprint density at radius 3 is 2.35 bits per heavy atom. The SMILES string of the molecule is O=C(NCc1ccc(F)cc1F)C1=CN2C[C@@H]3O[C@@H](c4ccccc4)[C@@H](c4ccccc4)N3C(=O)C2=C(O)C1O. The summed E-state index contributed by atoms with van der Waals surface area (Å²) >= 11 is 0. The molecule has 0 saturated carbocycles. The maximum Gasteiger partial charge on any atom is 0.276 e. The van der Waals surface area contributed by atoms with E-state index < -0.39 is 53.7 Å². The zero-order valence-corrected chi connectivity index (χ0v) is 21.1. The molecule has 1 unspecified atom stereocenters. The number of aliphatic hydroxyl groups is 2. The van der Waals surface area contributed by atoms with Crippen molar-refractivity contribution in [1.82, 2.24) is 15.1 Å². The van der Waals surface area contributed by atoms with Crippen molar-refractivity contribution in [3.63, 3.8) is 0 Å². The highest BCUT2D eigenvalue weighted by atomic mass is 19.1. The zero-order valence-electron chi connectivity index (χ0n) is 21.1. The summed E-state index contributed by atoms with van der Waals surface area (Å²) in [6.07, 6.45) is -1.71. The molecule has 2 fully saturated rings. The molecule has 8 nitrogen and oxygen atoms in total. The van der Waals surface area contributed by atoms with Gasteiger partial charge in [-0.25, -0.2) is 8.78 Å². The third-order valence-electron chi connectivity index (χ3n) is 7.35. The molecule has 3 aliphatic rings. The summed E-state index contributed by atoms with van der Waals surface area (Å²) in [5, 5.41) is 24.2. The van der Waals surface area contributed by atoms with E-state index in [4.69, 9.17) is 4.74 Å². The van der Waals surface area contributed by atoms with Crippen LogP contribution in [0, 0.1) is 11.6 Å². The van der Waals surface area contributed by atoms with Gasteiger partial charge in [-0.15, -0.1) is 0 Å². The van der Waals surface area contributed by atoms with Crippen molar-refractivity contribution in [2.45, 2.75) is 31.0 Å². The number of nitrogens with one attached hydrogen (secondary N) is 1. The summed E-state index contributed by atoms with van der Waals surface area (Å²) in [5.41, 5.74) is 1.38. The Balaban J connectivity index is 1.29. The average Bonchev–Trinajstić information content (AvgIpc) is 3.35. The van der Waals surface area contributed by atoms with Crippen molar-refractivity contribution in [1.29, 1.82) is 0 Å². The number of ether oxygens (including phenoxy) is 1. The number of benzene rings is 3. The Hall–Kier alpha value is -4.54. The quantitative estimate of drug-likeness (QED) is 0.453. The van der Waals surface area contributed by atoms with Crippen molar-refractivity contribution in [2.24, 2.45) is 0 Å². The molecule has 3 aliphatic heterocycles. The summed E-state index contributed by atoms with van der Waals surface area (Å²) in [6, 6.07) is 21.4. The normalized spacial score (nSPS) is 24.0. The van der Waals surface area contributed by atoms with Crippen LogP contribution in [0.3, 0.4) is 0 Å². The van der Waals surface area contributed by atoms with Crippen molar-refractivity contribution < 1.29 is 33.3 Å². The Morgan fingerprint density at radius 2 is 1.68 bits per heavy atom. The van der Waals surface area contributed by atoms with Gasteiger partial charge in [0.15, 0.2) is 12.0 Å². The monoisotopic (exact) mass is 545 g/mol. The standard InChI is InChI=1S/C30H25F2N3O5/c31-20-12-11-19(22(32)13-20)14-33-29(38)21-15-34-16-23-35(30(39)25(34)27(37)26(21)36)24(17-7-3-1-4-8-17)28(40-23)18-9-5-2-6-10-18/h1-13,15,23-24,26,28,36-37H,14,16H2,(H,33,38)/t23-,24+,26?,28-/m0/s1. The molecule has 6 rings (SSSR count). The summed E-state index contributed by atoms with van der Waals surface area (Å²) in [5.74, 6) is -3.58. The highest BCUT2D eigenvalue weighted by molar-refractivity contribution is 5.99. The number of aliphatic hydroxyl groups excluding tert-OH is 2. The minimum absolute atomic E-state index is 0.0446. The number of carbonyl (C=O) groups excluding carboxylic acids is 2. The zero-order chi connectivity index (χ0) is 28.0. The summed E-state index contributed by atoms with van der Waals surface area (Å²) < 4.78 is 33.6. The lowest BCUT2D eigenvalue weighted by Gasteiger charge is -2.42. The van der Waals surface area contributed by atoms with Crippen LogP contribution in [-0.2, 0) is 20.9 Å². The van der Waals surface area contributed by atoms with E-state index in [1.54, 1.807) is 4.90 Å². The van der Waals surface area contributed by atoms with Crippen LogP contribution in [0.25, 0.3) is 0 Å². The molecule has 3 aromatic rings. The van der Waals surface area contributed by atoms with E-state index >= 15 is 0 Å². The summed E-state index contributed by atoms with van der Waals surface area (Å²) in [6.45, 7) is -0.184. The highest BCUT2D eigenvalue weighted by Crippen LogP contribution is 2.48. The van der Waals surface area contributed by atoms with Gasteiger partial charge in [0, 0.05) is 24.4 Å². The molecule has 0 bridgehead atoms. The molecular weight excluding hydrogens is 520 g/mol. The van der Waals surface area contributed by atoms with Gasteiger partial charge in [-0.05, 0) is 17.2 Å². The van der Waals surface area contributed by atoms with E-state index in [1.807, 2.05) is 60.7 Å². The molecule has 2 saturated heterocycles. The Labute approximate surface area is 228 Å². The van der Waals surface area contributed by atoms with Crippen LogP contribution in [0.4, 0.5) is 8.78 Å². The van der Waals surface area contributed by atoms with E-state index in [0.29, 0.717) is 6.07 Å². The second kappa shape index (κ2) is 10.2. The second-order valence-electron chi connectivity index (χ2n) is 9.78. The fourth-order valence-electron chi connectivity index (χ4n) is 5.43. The molecule has 0 radical (unpaired) electrons. The minimum Gasteiger partial charge on any atom is -0.507 e. The number of carbonyl (C=O) groups is 2. The lowest BCUT2D eigenvalue weighted by atomic mass is 9.94. The molecule has 40 heavy (non-hydrogen) atoms. The van der Waals surface area contributed by atoms with Gasteiger partial charge in [-0.2, -0.15) is 0 Å². The van der Waals surface area contributed by atoms with Gasteiger partial charge in [-0.3, -0.25) is 14.5 Å².